The van der Waals surface area contributed by atoms with Crippen LogP contribution in [0.1, 0.15) is 25.8 Å². The van der Waals surface area contributed by atoms with Gasteiger partial charge in [-0.2, -0.15) is 0 Å². The van der Waals surface area contributed by atoms with Gasteiger partial charge in [0, 0.05) is 38.6 Å². The van der Waals surface area contributed by atoms with Gasteiger partial charge in [-0.25, -0.2) is 4.39 Å². The van der Waals surface area contributed by atoms with Crippen LogP contribution >= 0.6 is 0 Å². The molecule has 0 spiro atoms. The number of likely N-dealkylation sites (N-methyl/N-ethyl adjacent to an activating group) is 1. The second kappa shape index (κ2) is 8.74. The van der Waals surface area contributed by atoms with Crippen LogP contribution in [0, 0.1) is 5.82 Å². The molecule has 0 saturated heterocycles. The number of rotatable bonds is 8. The van der Waals surface area contributed by atoms with Gasteiger partial charge in [0.1, 0.15) is 5.82 Å². The minimum absolute atomic E-state index is 0.0404. The number of halogens is 1. The summed E-state index contributed by atoms with van der Waals surface area (Å²) in [5.41, 5.74) is 6.68. The van der Waals surface area contributed by atoms with Crippen molar-refractivity contribution < 1.29 is 9.18 Å². The second-order valence-electron chi connectivity index (χ2n) is 5.20. The zero-order valence-electron chi connectivity index (χ0n) is 13.2. The first-order valence-corrected chi connectivity index (χ1v) is 7.44. The van der Waals surface area contributed by atoms with E-state index >= 15 is 0 Å². The zero-order chi connectivity index (χ0) is 15.8. The van der Waals surface area contributed by atoms with Gasteiger partial charge in [0.05, 0.1) is 0 Å². The Morgan fingerprint density at radius 2 is 2.00 bits per heavy atom. The van der Waals surface area contributed by atoms with Gasteiger partial charge in [-0.3, -0.25) is 9.69 Å². The standard InChI is InChI=1S/C16H26FN3O/c1-4-20(5-2)16(21)10-15(11-18)19(3)12-13-7-6-8-14(17)9-13/h6-9,15H,4-5,10-12,18H2,1-3H3. The van der Waals surface area contributed by atoms with Crippen LogP contribution in [0.15, 0.2) is 24.3 Å². The minimum Gasteiger partial charge on any atom is -0.343 e. The number of carbonyl (C=O) groups is 1. The number of nitrogens with zero attached hydrogens (tertiary/aromatic N) is 2. The van der Waals surface area contributed by atoms with E-state index in [9.17, 15) is 9.18 Å². The summed E-state index contributed by atoms with van der Waals surface area (Å²) in [6.07, 6.45) is 0.393. The highest BCUT2D eigenvalue weighted by Crippen LogP contribution is 2.11. The van der Waals surface area contributed by atoms with E-state index < -0.39 is 0 Å². The van der Waals surface area contributed by atoms with Crippen LogP contribution in [0.3, 0.4) is 0 Å². The molecule has 0 saturated carbocycles. The third kappa shape index (κ3) is 5.44. The van der Waals surface area contributed by atoms with Crippen molar-refractivity contribution in [3.63, 3.8) is 0 Å². The number of hydrogen-bond acceptors (Lipinski definition) is 3. The molecular formula is C16H26FN3O. The number of amides is 1. The SMILES string of the molecule is CCN(CC)C(=O)CC(CN)N(C)Cc1cccc(F)c1. The molecule has 0 aliphatic carbocycles. The Morgan fingerprint density at radius 1 is 1.33 bits per heavy atom. The van der Waals surface area contributed by atoms with Crippen molar-refractivity contribution in [1.29, 1.82) is 0 Å². The zero-order valence-corrected chi connectivity index (χ0v) is 13.2. The molecule has 1 aromatic rings. The Labute approximate surface area is 126 Å². The van der Waals surface area contributed by atoms with Crippen molar-refractivity contribution >= 4 is 5.91 Å². The Bertz CT molecular complexity index is 449. The maximum absolute atomic E-state index is 13.2. The van der Waals surface area contributed by atoms with Crippen LogP contribution in [0.25, 0.3) is 0 Å². The number of carbonyl (C=O) groups excluding carboxylic acids is 1. The number of hydrogen-bond donors (Lipinski definition) is 1. The predicted molar refractivity (Wildman–Crippen MR) is 83.3 cm³/mol. The van der Waals surface area contributed by atoms with Gasteiger partial charge in [-0.05, 0) is 38.6 Å². The van der Waals surface area contributed by atoms with Gasteiger partial charge in [0.15, 0.2) is 0 Å². The Morgan fingerprint density at radius 3 is 2.52 bits per heavy atom. The summed E-state index contributed by atoms with van der Waals surface area (Å²) in [5, 5.41) is 0. The molecule has 0 aliphatic rings. The summed E-state index contributed by atoms with van der Waals surface area (Å²) in [5.74, 6) is -0.133. The van der Waals surface area contributed by atoms with Crippen molar-refractivity contribution in [2.45, 2.75) is 32.9 Å². The summed E-state index contributed by atoms with van der Waals surface area (Å²) in [6, 6.07) is 6.46. The quantitative estimate of drug-likeness (QED) is 0.796. The Balaban J connectivity index is 2.64. The molecule has 0 radical (unpaired) electrons. The molecule has 0 bridgehead atoms. The molecule has 5 heteroatoms. The molecule has 0 heterocycles. The highest BCUT2D eigenvalue weighted by atomic mass is 19.1. The second-order valence-corrected chi connectivity index (χ2v) is 5.20. The normalized spacial score (nSPS) is 12.5. The lowest BCUT2D eigenvalue weighted by molar-refractivity contribution is -0.132. The topological polar surface area (TPSA) is 49.6 Å². The van der Waals surface area contributed by atoms with Crippen LogP contribution in [-0.2, 0) is 11.3 Å². The third-order valence-electron chi connectivity index (χ3n) is 3.74. The maximum Gasteiger partial charge on any atom is 0.224 e. The van der Waals surface area contributed by atoms with E-state index in [0.717, 1.165) is 5.56 Å². The molecule has 1 aromatic carbocycles. The van der Waals surface area contributed by atoms with Crippen LogP contribution in [0.2, 0.25) is 0 Å². The molecule has 4 nitrogen and oxygen atoms in total. The summed E-state index contributed by atoms with van der Waals surface area (Å²) in [7, 11) is 1.91. The molecular weight excluding hydrogens is 269 g/mol. The van der Waals surface area contributed by atoms with Crippen LogP contribution in [0.5, 0.6) is 0 Å². The molecule has 0 aliphatic heterocycles. The molecule has 2 N–H and O–H groups in total. The summed E-state index contributed by atoms with van der Waals surface area (Å²) in [4.78, 5) is 16.0. The summed E-state index contributed by atoms with van der Waals surface area (Å²) >= 11 is 0. The number of benzene rings is 1. The van der Waals surface area contributed by atoms with E-state index in [1.807, 2.05) is 31.9 Å². The van der Waals surface area contributed by atoms with E-state index in [2.05, 4.69) is 0 Å². The monoisotopic (exact) mass is 295 g/mol. The first-order valence-electron chi connectivity index (χ1n) is 7.44. The van der Waals surface area contributed by atoms with Crippen LogP contribution < -0.4 is 5.73 Å². The fraction of sp³-hybridized carbons (Fsp3) is 0.562. The van der Waals surface area contributed by atoms with Crippen molar-refractivity contribution in [3.05, 3.63) is 35.6 Å². The molecule has 0 fully saturated rings. The van der Waals surface area contributed by atoms with Crippen molar-refractivity contribution in [3.8, 4) is 0 Å². The first-order chi connectivity index (χ1) is 10.0. The summed E-state index contributed by atoms with van der Waals surface area (Å²) in [6.45, 7) is 6.33. The lowest BCUT2D eigenvalue weighted by atomic mass is 10.1. The van der Waals surface area contributed by atoms with Crippen molar-refractivity contribution in [1.82, 2.24) is 9.80 Å². The van der Waals surface area contributed by atoms with Gasteiger partial charge in [-0.1, -0.05) is 12.1 Å². The highest BCUT2D eigenvalue weighted by molar-refractivity contribution is 5.76. The Kier molecular flexibility index (Phi) is 7.32. The average Bonchev–Trinajstić information content (AvgIpc) is 2.45. The first kappa shape index (κ1) is 17.6. The fourth-order valence-electron chi connectivity index (χ4n) is 2.38. The van der Waals surface area contributed by atoms with Crippen LogP contribution in [0.4, 0.5) is 4.39 Å². The van der Waals surface area contributed by atoms with Gasteiger partial charge in [0.25, 0.3) is 0 Å². The molecule has 0 aromatic heterocycles. The lowest BCUT2D eigenvalue weighted by Crippen LogP contribution is -2.42. The van der Waals surface area contributed by atoms with E-state index in [0.29, 0.717) is 32.6 Å². The van der Waals surface area contributed by atoms with Gasteiger partial charge in [-0.15, -0.1) is 0 Å². The molecule has 1 atom stereocenters. The van der Waals surface area contributed by atoms with Crippen molar-refractivity contribution in [2.75, 3.05) is 26.7 Å². The fourth-order valence-corrected chi connectivity index (χ4v) is 2.38. The maximum atomic E-state index is 13.2. The van der Waals surface area contributed by atoms with Gasteiger partial charge in [0.2, 0.25) is 5.91 Å². The molecule has 1 unspecified atom stereocenters. The Hall–Kier alpha value is -1.46. The van der Waals surface area contributed by atoms with E-state index in [4.69, 9.17) is 5.73 Å². The van der Waals surface area contributed by atoms with E-state index in [1.54, 1.807) is 11.0 Å². The van der Waals surface area contributed by atoms with E-state index in [1.165, 1.54) is 12.1 Å². The average molecular weight is 295 g/mol. The third-order valence-corrected chi connectivity index (χ3v) is 3.74. The highest BCUT2D eigenvalue weighted by Gasteiger charge is 2.20. The molecule has 21 heavy (non-hydrogen) atoms. The smallest absolute Gasteiger partial charge is 0.224 e. The molecule has 1 amide bonds. The largest absolute Gasteiger partial charge is 0.343 e. The van der Waals surface area contributed by atoms with Crippen molar-refractivity contribution in [2.24, 2.45) is 5.73 Å². The lowest BCUT2D eigenvalue weighted by Gasteiger charge is -2.29. The van der Waals surface area contributed by atoms with Gasteiger partial charge >= 0.3 is 0 Å². The van der Waals surface area contributed by atoms with E-state index in [-0.39, 0.29) is 17.8 Å². The minimum atomic E-state index is -0.246. The van der Waals surface area contributed by atoms with Crippen LogP contribution in [-0.4, -0.2) is 48.4 Å². The molecule has 118 valence electrons. The van der Waals surface area contributed by atoms with Gasteiger partial charge < -0.3 is 10.6 Å². The molecule has 1 rings (SSSR count). The number of nitrogens with two attached hydrogens (primary N) is 1. The summed E-state index contributed by atoms with van der Waals surface area (Å²) < 4.78 is 13.2. The predicted octanol–water partition coefficient (Wildman–Crippen LogP) is 1.84.